The molecule has 11 heteroatoms. The molecule has 0 bridgehead atoms. The molecule has 1 fully saturated rings. The van der Waals surface area contributed by atoms with Crippen molar-refractivity contribution in [2.75, 3.05) is 18.4 Å². The van der Waals surface area contributed by atoms with Gasteiger partial charge in [-0.1, -0.05) is 19.3 Å². The number of carbonyl (C=O) groups is 3. The first-order chi connectivity index (χ1) is 16.9. The molecule has 0 atom stereocenters. The van der Waals surface area contributed by atoms with Gasteiger partial charge in [0.15, 0.2) is 0 Å². The van der Waals surface area contributed by atoms with E-state index in [0.717, 1.165) is 38.2 Å². The van der Waals surface area contributed by atoms with E-state index in [4.69, 9.17) is 4.74 Å². The number of rotatable bonds is 8. The van der Waals surface area contributed by atoms with E-state index in [9.17, 15) is 24.3 Å². The molecule has 196 valence electrons. The number of aromatic nitrogens is 1. The van der Waals surface area contributed by atoms with Gasteiger partial charge >= 0.3 is 6.09 Å². The lowest BCUT2D eigenvalue weighted by Gasteiger charge is -2.24. The van der Waals surface area contributed by atoms with Gasteiger partial charge in [0.25, 0.3) is 5.91 Å². The number of benzene rings is 1. The molecule has 10 nitrogen and oxygen atoms in total. The predicted molar refractivity (Wildman–Crippen MR) is 130 cm³/mol. The van der Waals surface area contributed by atoms with Crippen LogP contribution in [0.2, 0.25) is 0 Å². The van der Waals surface area contributed by atoms with Gasteiger partial charge in [0.2, 0.25) is 5.43 Å². The van der Waals surface area contributed by atoms with Crippen molar-refractivity contribution in [1.29, 1.82) is 0 Å². The lowest BCUT2D eigenvalue weighted by Crippen LogP contribution is -2.39. The van der Waals surface area contributed by atoms with Gasteiger partial charge in [-0.3, -0.25) is 9.59 Å². The highest BCUT2D eigenvalue weighted by atomic mass is 19.1. The predicted octanol–water partition coefficient (Wildman–Crippen LogP) is 1.89. The molecule has 0 aliphatic heterocycles. The molecule has 1 aliphatic carbocycles. The monoisotopic (exact) mass is 503 g/mol. The Morgan fingerprint density at radius 2 is 1.83 bits per heavy atom. The zero-order valence-electron chi connectivity index (χ0n) is 20.7. The Morgan fingerprint density at radius 3 is 2.47 bits per heavy atom. The smallest absolute Gasteiger partial charge is 0.407 e. The van der Waals surface area contributed by atoms with Crippen LogP contribution in [0.3, 0.4) is 0 Å². The molecule has 0 saturated heterocycles. The van der Waals surface area contributed by atoms with E-state index >= 15 is 4.39 Å². The first-order valence-corrected chi connectivity index (χ1v) is 12.0. The highest BCUT2D eigenvalue weighted by Crippen LogP contribution is 2.26. The Labute approximate surface area is 208 Å². The van der Waals surface area contributed by atoms with Crippen LogP contribution >= 0.6 is 0 Å². The van der Waals surface area contributed by atoms with E-state index in [2.05, 4.69) is 16.0 Å². The second-order valence-electron chi connectivity index (χ2n) is 9.88. The third kappa shape index (κ3) is 7.19. The average molecular weight is 504 g/mol. The Hall–Kier alpha value is -3.63. The summed E-state index contributed by atoms with van der Waals surface area (Å²) in [7, 11) is 0. The van der Waals surface area contributed by atoms with E-state index in [0.29, 0.717) is 5.52 Å². The number of amides is 2. The van der Waals surface area contributed by atoms with Crippen LogP contribution in [0.25, 0.3) is 10.9 Å². The van der Waals surface area contributed by atoms with Crippen molar-refractivity contribution in [3.05, 3.63) is 39.9 Å². The summed E-state index contributed by atoms with van der Waals surface area (Å²) in [6, 6.07) is 2.72. The third-order valence-electron chi connectivity index (χ3n) is 5.79. The number of halogens is 1. The summed E-state index contributed by atoms with van der Waals surface area (Å²) in [6.07, 6.45) is 5.73. The van der Waals surface area contributed by atoms with Crippen molar-refractivity contribution in [3.63, 3.8) is 0 Å². The van der Waals surface area contributed by atoms with E-state index < -0.39 is 41.4 Å². The number of carbonyl (C=O) groups excluding carboxylic acids is 3. The van der Waals surface area contributed by atoms with Gasteiger partial charge in [0, 0.05) is 30.7 Å². The van der Waals surface area contributed by atoms with Crippen molar-refractivity contribution >= 4 is 34.6 Å². The first-order valence-electron chi connectivity index (χ1n) is 12.0. The quantitative estimate of drug-likeness (QED) is 0.499. The molecular weight excluding hydrogens is 471 g/mol. The molecule has 2 aromatic rings. The second-order valence-corrected chi connectivity index (χ2v) is 9.88. The number of alkyl carbamates (subject to hydrolysis) is 1. The minimum atomic E-state index is -1.52. The van der Waals surface area contributed by atoms with Gasteiger partial charge in [-0.15, -0.1) is 0 Å². The number of hydrogen-bond acceptors (Lipinski definition) is 7. The Kier molecular flexibility index (Phi) is 8.54. The number of ether oxygens (including phenoxy) is 1. The Morgan fingerprint density at radius 1 is 1.14 bits per heavy atom. The molecule has 3 rings (SSSR count). The molecule has 0 spiro atoms. The molecular formula is C25H32FN4O6-. The van der Waals surface area contributed by atoms with Gasteiger partial charge in [0.05, 0.1) is 23.7 Å². The van der Waals surface area contributed by atoms with Gasteiger partial charge in [-0.2, -0.15) is 0 Å². The zero-order chi connectivity index (χ0) is 26.5. The fourth-order valence-corrected chi connectivity index (χ4v) is 4.17. The van der Waals surface area contributed by atoms with Crippen LogP contribution in [0.15, 0.2) is 23.1 Å². The maximum atomic E-state index is 15.0. The summed E-state index contributed by atoms with van der Waals surface area (Å²) in [4.78, 5) is 48.3. The number of anilines is 1. The summed E-state index contributed by atoms with van der Waals surface area (Å²) in [5.41, 5.74) is -1.16. The van der Waals surface area contributed by atoms with Crippen molar-refractivity contribution < 1.29 is 28.6 Å². The summed E-state index contributed by atoms with van der Waals surface area (Å²) in [5, 5.41) is 18.6. The van der Waals surface area contributed by atoms with Crippen molar-refractivity contribution in [2.24, 2.45) is 0 Å². The maximum absolute atomic E-state index is 15.0. The topological polar surface area (TPSA) is 142 Å². The molecule has 36 heavy (non-hydrogen) atoms. The molecule has 2 amide bonds. The van der Waals surface area contributed by atoms with E-state index in [1.807, 2.05) is 0 Å². The first kappa shape index (κ1) is 27.0. The number of pyridine rings is 1. The summed E-state index contributed by atoms with van der Waals surface area (Å²) >= 11 is 0. The maximum Gasteiger partial charge on any atom is 0.407 e. The third-order valence-corrected chi connectivity index (χ3v) is 5.79. The summed E-state index contributed by atoms with van der Waals surface area (Å²) in [5.74, 6) is -3.07. The van der Waals surface area contributed by atoms with Crippen molar-refractivity contribution in [3.8, 4) is 0 Å². The summed E-state index contributed by atoms with van der Waals surface area (Å²) < 4.78 is 21.8. The number of carboxylic acid groups (broad SMARTS) is 1. The van der Waals surface area contributed by atoms with Crippen LogP contribution < -0.4 is 26.5 Å². The highest BCUT2D eigenvalue weighted by Gasteiger charge is 2.20. The van der Waals surface area contributed by atoms with Gasteiger partial charge < -0.3 is 35.2 Å². The molecule has 1 aromatic heterocycles. The second kappa shape index (κ2) is 11.4. The standard InChI is InChI=1S/C25H33FN4O6/c1-25(2,3)36-24(35)27-9-10-30-14-17(23(34)28-13-21(31)32)22(33)16-11-18(26)19(12-20(16)30)29-15-7-5-4-6-8-15/h11-12,14-15,29H,4-10,13H2,1-3H3,(H,27,35)(H,28,34)(H,31,32)/p-1. The van der Waals surface area contributed by atoms with Crippen LogP contribution in [0.4, 0.5) is 14.9 Å². The number of carboxylic acids is 1. The van der Waals surface area contributed by atoms with Crippen LogP contribution in [0.5, 0.6) is 0 Å². The average Bonchev–Trinajstić information content (AvgIpc) is 2.79. The van der Waals surface area contributed by atoms with E-state index in [1.165, 1.54) is 12.3 Å². The summed E-state index contributed by atoms with van der Waals surface area (Å²) in [6.45, 7) is 4.63. The number of aliphatic carboxylic acids is 1. The molecule has 1 aliphatic rings. The van der Waals surface area contributed by atoms with Gasteiger partial charge in [-0.05, 0) is 45.7 Å². The number of nitrogens with zero attached hydrogens (tertiary/aromatic N) is 1. The van der Waals surface area contributed by atoms with Crippen LogP contribution in [0, 0.1) is 5.82 Å². The fraction of sp³-hybridized carbons (Fsp3) is 0.520. The molecule has 0 unspecified atom stereocenters. The number of nitrogens with one attached hydrogen (secondary N) is 3. The van der Waals surface area contributed by atoms with Crippen LogP contribution in [-0.4, -0.2) is 47.3 Å². The van der Waals surface area contributed by atoms with Gasteiger partial charge in [-0.25, -0.2) is 9.18 Å². The van der Waals surface area contributed by atoms with E-state index in [1.54, 1.807) is 25.3 Å². The lowest BCUT2D eigenvalue weighted by atomic mass is 9.95. The number of fused-ring (bicyclic) bond motifs is 1. The SMILES string of the molecule is CC(C)(C)OC(=O)NCCn1cc(C(=O)NCC(=O)[O-])c(=O)c2cc(F)c(NC3CCCCC3)cc21. The molecule has 1 saturated carbocycles. The fourth-order valence-electron chi connectivity index (χ4n) is 4.17. The molecule has 1 aromatic carbocycles. The minimum absolute atomic E-state index is 0.0416. The highest BCUT2D eigenvalue weighted by molar-refractivity contribution is 5.98. The molecule has 1 heterocycles. The normalized spacial score (nSPS) is 14.3. The van der Waals surface area contributed by atoms with Crippen LogP contribution in [-0.2, 0) is 16.1 Å². The zero-order valence-corrected chi connectivity index (χ0v) is 20.7. The van der Waals surface area contributed by atoms with Crippen LogP contribution in [0.1, 0.15) is 63.2 Å². The molecule has 3 N–H and O–H groups in total. The van der Waals surface area contributed by atoms with Crippen molar-refractivity contribution in [1.82, 2.24) is 15.2 Å². The largest absolute Gasteiger partial charge is 0.548 e. The Bertz CT molecular complexity index is 1200. The van der Waals surface area contributed by atoms with Gasteiger partial charge in [0.1, 0.15) is 17.0 Å². The Balaban J connectivity index is 1.96. The molecule has 0 radical (unpaired) electrons. The lowest BCUT2D eigenvalue weighted by molar-refractivity contribution is -0.303. The number of hydrogen-bond donors (Lipinski definition) is 3. The van der Waals surface area contributed by atoms with Crippen molar-refractivity contribution in [2.45, 2.75) is 71.1 Å². The minimum Gasteiger partial charge on any atom is -0.548 e. The van der Waals surface area contributed by atoms with E-state index in [-0.39, 0.29) is 35.8 Å².